The van der Waals surface area contributed by atoms with Gasteiger partial charge in [0.05, 0.1) is 4.90 Å². The number of benzene rings is 3. The maximum atomic E-state index is 13.2. The van der Waals surface area contributed by atoms with E-state index in [1.807, 2.05) is 54.6 Å². The van der Waals surface area contributed by atoms with Crippen molar-refractivity contribution in [3.05, 3.63) is 90.0 Å². The van der Waals surface area contributed by atoms with Crippen molar-refractivity contribution in [3.8, 4) is 11.1 Å². The number of nitrogens with one attached hydrogen (secondary N) is 1. The Balaban J connectivity index is 1.39. The monoisotopic (exact) mass is 505 g/mol. The molecular formula is C28H31N3O4S. The lowest BCUT2D eigenvalue weighted by Gasteiger charge is -2.25. The van der Waals surface area contributed by atoms with E-state index in [0.29, 0.717) is 31.5 Å². The van der Waals surface area contributed by atoms with Gasteiger partial charge < -0.3 is 10.2 Å². The lowest BCUT2D eigenvalue weighted by atomic mass is 9.93. The zero-order chi connectivity index (χ0) is 25.7. The van der Waals surface area contributed by atoms with Crippen molar-refractivity contribution in [1.29, 1.82) is 0 Å². The first-order valence-electron chi connectivity index (χ1n) is 12.0. The number of amides is 2. The molecule has 0 spiro atoms. The van der Waals surface area contributed by atoms with Gasteiger partial charge in [-0.2, -0.15) is 0 Å². The van der Waals surface area contributed by atoms with Gasteiger partial charge in [-0.3, -0.25) is 9.59 Å². The van der Waals surface area contributed by atoms with Crippen LogP contribution in [0.1, 0.15) is 30.4 Å². The molecule has 1 saturated carbocycles. The number of primary sulfonamides is 1. The van der Waals surface area contributed by atoms with Gasteiger partial charge in [-0.05, 0) is 35.6 Å². The summed E-state index contributed by atoms with van der Waals surface area (Å²) < 4.78 is 23.9. The summed E-state index contributed by atoms with van der Waals surface area (Å²) in [6.07, 6.45) is 2.27. The van der Waals surface area contributed by atoms with Crippen molar-refractivity contribution in [2.24, 2.45) is 17.0 Å². The van der Waals surface area contributed by atoms with E-state index in [9.17, 15) is 18.0 Å². The first-order valence-corrected chi connectivity index (χ1v) is 13.6. The van der Waals surface area contributed by atoms with Crippen LogP contribution in [0.2, 0.25) is 0 Å². The van der Waals surface area contributed by atoms with Crippen LogP contribution in [0, 0.1) is 11.8 Å². The molecule has 2 unspecified atom stereocenters. The first-order chi connectivity index (χ1) is 17.2. The average molecular weight is 506 g/mol. The molecule has 36 heavy (non-hydrogen) atoms. The topological polar surface area (TPSA) is 110 Å². The van der Waals surface area contributed by atoms with Gasteiger partial charge in [0.1, 0.15) is 0 Å². The molecule has 3 N–H and O–H groups in total. The summed E-state index contributed by atoms with van der Waals surface area (Å²) in [6, 6.07) is 23.7. The van der Waals surface area contributed by atoms with E-state index in [0.717, 1.165) is 23.1 Å². The van der Waals surface area contributed by atoms with Crippen molar-refractivity contribution in [2.75, 3.05) is 7.05 Å². The van der Waals surface area contributed by atoms with Crippen LogP contribution in [0.5, 0.6) is 0 Å². The average Bonchev–Trinajstić information content (AvgIpc) is 3.37. The Labute approximate surface area is 212 Å². The van der Waals surface area contributed by atoms with Gasteiger partial charge in [0.25, 0.3) is 0 Å². The third-order valence-electron chi connectivity index (χ3n) is 6.73. The molecule has 1 aliphatic carbocycles. The van der Waals surface area contributed by atoms with Crippen molar-refractivity contribution >= 4 is 21.8 Å². The fourth-order valence-corrected chi connectivity index (χ4v) is 5.62. The molecular weight excluding hydrogens is 474 g/mol. The second kappa shape index (κ2) is 11.1. The highest BCUT2D eigenvalue weighted by atomic mass is 32.2. The minimum absolute atomic E-state index is 0.0315. The zero-order valence-corrected chi connectivity index (χ0v) is 21.1. The molecule has 7 nitrogen and oxygen atoms in total. The van der Waals surface area contributed by atoms with Crippen LogP contribution < -0.4 is 10.5 Å². The van der Waals surface area contributed by atoms with Gasteiger partial charge in [-0.25, -0.2) is 13.6 Å². The molecule has 1 fully saturated rings. The van der Waals surface area contributed by atoms with Crippen molar-refractivity contribution in [3.63, 3.8) is 0 Å². The van der Waals surface area contributed by atoms with Crippen molar-refractivity contribution in [1.82, 2.24) is 10.2 Å². The summed E-state index contributed by atoms with van der Waals surface area (Å²) >= 11 is 0. The molecule has 188 valence electrons. The Bertz CT molecular complexity index is 1320. The van der Waals surface area contributed by atoms with Gasteiger partial charge in [0.15, 0.2) is 0 Å². The number of nitrogens with zero attached hydrogens (tertiary/aromatic N) is 1. The molecule has 4 rings (SSSR count). The highest BCUT2D eigenvalue weighted by molar-refractivity contribution is 7.89. The number of nitrogens with two attached hydrogens (primary N) is 1. The minimum Gasteiger partial charge on any atom is -0.352 e. The van der Waals surface area contributed by atoms with E-state index in [-0.39, 0.29) is 28.5 Å². The van der Waals surface area contributed by atoms with Gasteiger partial charge >= 0.3 is 0 Å². The first kappa shape index (κ1) is 25.6. The van der Waals surface area contributed by atoms with E-state index in [2.05, 4.69) is 5.32 Å². The smallest absolute Gasteiger partial charge is 0.238 e. The standard InChI is InChI=1S/C28H31N3O4S/c1-31(19-21-14-16-22(17-15-21)23-10-5-6-13-26(23)36(29,34)35)28(33)25-12-7-11-24(25)27(32)30-18-20-8-3-2-4-9-20/h2-6,8-10,13-17,24-25H,7,11-12,18-19H2,1H3,(H,30,32)(H2,29,34,35). The Kier molecular flexibility index (Phi) is 7.86. The molecule has 0 bridgehead atoms. The Morgan fingerprint density at radius 2 is 1.53 bits per heavy atom. The van der Waals surface area contributed by atoms with E-state index in [1.54, 1.807) is 30.1 Å². The van der Waals surface area contributed by atoms with Crippen LogP contribution in [-0.4, -0.2) is 32.2 Å². The summed E-state index contributed by atoms with van der Waals surface area (Å²) in [5, 5.41) is 8.35. The van der Waals surface area contributed by atoms with Gasteiger partial charge in [0.2, 0.25) is 21.8 Å². The van der Waals surface area contributed by atoms with E-state index >= 15 is 0 Å². The van der Waals surface area contributed by atoms with Crippen LogP contribution in [-0.2, 0) is 32.7 Å². The Morgan fingerprint density at radius 3 is 2.22 bits per heavy atom. The molecule has 2 amide bonds. The highest BCUT2D eigenvalue weighted by Crippen LogP contribution is 2.34. The normalized spacial score (nSPS) is 17.5. The van der Waals surface area contributed by atoms with E-state index in [4.69, 9.17) is 5.14 Å². The minimum atomic E-state index is -3.85. The molecule has 0 radical (unpaired) electrons. The van der Waals surface area contributed by atoms with Crippen LogP contribution in [0.25, 0.3) is 11.1 Å². The molecule has 3 aromatic carbocycles. The molecule has 8 heteroatoms. The molecule has 1 aliphatic rings. The van der Waals surface area contributed by atoms with Crippen LogP contribution in [0.15, 0.2) is 83.8 Å². The predicted octanol–water partition coefficient (Wildman–Crippen LogP) is 3.69. The molecule has 0 heterocycles. The molecule has 0 aromatic heterocycles. The fraction of sp³-hybridized carbons (Fsp3) is 0.286. The van der Waals surface area contributed by atoms with E-state index in [1.165, 1.54) is 6.07 Å². The predicted molar refractivity (Wildman–Crippen MR) is 139 cm³/mol. The lowest BCUT2D eigenvalue weighted by Crippen LogP contribution is -2.40. The quantitative estimate of drug-likeness (QED) is 0.487. The van der Waals surface area contributed by atoms with Crippen molar-refractivity contribution < 1.29 is 18.0 Å². The number of carbonyl (C=O) groups is 2. The fourth-order valence-electron chi connectivity index (χ4n) is 4.86. The number of hydrogen-bond donors (Lipinski definition) is 2. The Hall–Kier alpha value is -3.49. The van der Waals surface area contributed by atoms with Gasteiger partial charge in [-0.15, -0.1) is 0 Å². The second-order valence-electron chi connectivity index (χ2n) is 9.28. The zero-order valence-electron chi connectivity index (χ0n) is 20.3. The summed E-state index contributed by atoms with van der Waals surface area (Å²) in [4.78, 5) is 27.8. The second-order valence-corrected chi connectivity index (χ2v) is 10.8. The number of hydrogen-bond acceptors (Lipinski definition) is 4. The van der Waals surface area contributed by atoms with Crippen molar-refractivity contribution in [2.45, 2.75) is 37.2 Å². The maximum Gasteiger partial charge on any atom is 0.238 e. The highest BCUT2D eigenvalue weighted by Gasteiger charge is 2.38. The summed E-state index contributed by atoms with van der Waals surface area (Å²) in [6.45, 7) is 0.846. The summed E-state index contributed by atoms with van der Waals surface area (Å²) in [5.41, 5.74) is 3.19. The van der Waals surface area contributed by atoms with Crippen LogP contribution in [0.3, 0.4) is 0 Å². The Morgan fingerprint density at radius 1 is 0.889 bits per heavy atom. The number of rotatable bonds is 8. The molecule has 0 aliphatic heterocycles. The van der Waals surface area contributed by atoms with Gasteiger partial charge in [0, 0.05) is 37.5 Å². The van der Waals surface area contributed by atoms with Crippen LogP contribution in [0.4, 0.5) is 0 Å². The number of sulfonamides is 1. The molecule has 2 atom stereocenters. The molecule has 3 aromatic rings. The van der Waals surface area contributed by atoms with Crippen LogP contribution >= 0.6 is 0 Å². The van der Waals surface area contributed by atoms with Gasteiger partial charge in [-0.1, -0.05) is 79.2 Å². The third-order valence-corrected chi connectivity index (χ3v) is 7.70. The molecule has 0 saturated heterocycles. The summed E-state index contributed by atoms with van der Waals surface area (Å²) in [5.74, 6) is -0.746. The largest absolute Gasteiger partial charge is 0.352 e. The summed E-state index contributed by atoms with van der Waals surface area (Å²) in [7, 11) is -2.10. The SMILES string of the molecule is CN(Cc1ccc(-c2ccccc2S(N)(=O)=O)cc1)C(=O)C1CCCC1C(=O)NCc1ccccc1. The number of carbonyl (C=O) groups excluding carboxylic acids is 2. The lowest BCUT2D eigenvalue weighted by molar-refractivity contribution is -0.140. The van der Waals surface area contributed by atoms with E-state index < -0.39 is 10.0 Å². The maximum absolute atomic E-state index is 13.2. The third kappa shape index (κ3) is 6.01.